The summed E-state index contributed by atoms with van der Waals surface area (Å²) in [5.41, 5.74) is -0.326. The molecule has 0 aliphatic carbocycles. The molecule has 0 unspecified atom stereocenters. The fraction of sp³-hybridized carbons (Fsp3) is 0.0625. The smallest absolute Gasteiger partial charge is 0.318 e. The van der Waals surface area contributed by atoms with Crippen LogP contribution in [0.5, 0.6) is 11.5 Å². The second-order valence-corrected chi connectivity index (χ2v) is 13.9. The normalized spacial score (nSPS) is 14.0. The number of hydrogen-bond acceptors (Lipinski definition) is 13. The van der Waals surface area contributed by atoms with Gasteiger partial charge in [0.15, 0.2) is 0 Å². The molecule has 0 fully saturated rings. The van der Waals surface area contributed by atoms with Gasteiger partial charge in [0.1, 0.15) is 11.5 Å². The number of nitrogens with one attached hydrogen (secondary N) is 2. The quantitative estimate of drug-likeness (QED) is 0.223. The molecule has 17 nitrogen and oxygen atoms in total. The van der Waals surface area contributed by atoms with Crippen molar-refractivity contribution in [1.82, 2.24) is 10.1 Å². The summed E-state index contributed by atoms with van der Waals surface area (Å²) in [5.74, 6) is -5.22. The molecule has 0 aromatic heterocycles. The van der Waals surface area contributed by atoms with Gasteiger partial charge in [-0.3, -0.25) is 28.8 Å². The first-order valence-electron chi connectivity index (χ1n) is 14.4. The first-order chi connectivity index (χ1) is 24.0. The van der Waals surface area contributed by atoms with Crippen molar-refractivity contribution < 1.29 is 58.9 Å². The van der Waals surface area contributed by atoms with E-state index in [2.05, 4.69) is 10.6 Å². The Kier molecular flexibility index (Phi) is 8.73. The van der Waals surface area contributed by atoms with Gasteiger partial charge in [0.25, 0.3) is 23.6 Å². The average molecular weight is 735 g/mol. The standard InChI is InChI=1S/C32H22N4O13S2/c1-17(37)33-19-3-9-23(10-4-19)50(43,44)48-35-29(39)25-13-7-21(15-27(25)31(35)41)47-22-8-14-26-28(16-22)32(42)36(30(26)40)49-51(45,46)24-11-5-20(6-12-24)34-18(2)38/h3-16H,1-2H3,(H,33,37)(H,34,38). The fourth-order valence-electron chi connectivity index (χ4n) is 4.89. The van der Waals surface area contributed by atoms with Crippen LogP contribution >= 0.6 is 0 Å². The molecule has 0 atom stereocenters. The van der Waals surface area contributed by atoms with Crippen LogP contribution in [0, 0.1) is 0 Å². The minimum Gasteiger partial charge on any atom is -0.457 e. The number of carbonyl (C=O) groups is 6. The van der Waals surface area contributed by atoms with Crippen molar-refractivity contribution >= 4 is 67.1 Å². The number of carbonyl (C=O) groups excluding carboxylic acids is 6. The lowest BCUT2D eigenvalue weighted by atomic mass is 10.1. The lowest BCUT2D eigenvalue weighted by Gasteiger charge is -2.13. The number of amides is 6. The molecule has 6 rings (SSSR count). The molecule has 2 aliphatic heterocycles. The van der Waals surface area contributed by atoms with Gasteiger partial charge >= 0.3 is 20.2 Å². The van der Waals surface area contributed by atoms with Gasteiger partial charge in [-0.25, -0.2) is 0 Å². The van der Waals surface area contributed by atoms with Crippen molar-refractivity contribution in [2.75, 3.05) is 10.6 Å². The van der Waals surface area contributed by atoms with Gasteiger partial charge in [-0.1, -0.05) is 0 Å². The molecule has 2 aliphatic rings. The van der Waals surface area contributed by atoms with Crippen LogP contribution in [0.2, 0.25) is 0 Å². The van der Waals surface area contributed by atoms with E-state index in [1.54, 1.807) is 0 Å². The van der Waals surface area contributed by atoms with Gasteiger partial charge < -0.3 is 15.4 Å². The Morgan fingerprint density at radius 1 is 0.510 bits per heavy atom. The highest BCUT2D eigenvalue weighted by Gasteiger charge is 2.42. The van der Waals surface area contributed by atoms with Gasteiger partial charge in [0, 0.05) is 25.2 Å². The zero-order valence-corrected chi connectivity index (χ0v) is 27.7. The van der Waals surface area contributed by atoms with E-state index in [-0.39, 0.29) is 55.7 Å². The van der Waals surface area contributed by atoms with E-state index >= 15 is 0 Å². The minimum atomic E-state index is -4.67. The van der Waals surface area contributed by atoms with E-state index in [4.69, 9.17) is 13.3 Å². The summed E-state index contributed by atoms with van der Waals surface area (Å²) in [4.78, 5) is 73.6. The van der Waals surface area contributed by atoms with Gasteiger partial charge in [0.2, 0.25) is 11.8 Å². The highest BCUT2D eigenvalue weighted by atomic mass is 32.2. The van der Waals surface area contributed by atoms with Crippen molar-refractivity contribution in [2.45, 2.75) is 23.6 Å². The Labute approximate surface area is 288 Å². The molecule has 260 valence electrons. The number of benzene rings is 4. The first-order valence-corrected chi connectivity index (χ1v) is 17.2. The molecule has 4 aromatic carbocycles. The van der Waals surface area contributed by atoms with Gasteiger partial charge in [-0.2, -0.15) is 16.8 Å². The van der Waals surface area contributed by atoms with E-state index in [1.807, 2.05) is 0 Å². The van der Waals surface area contributed by atoms with Crippen LogP contribution in [0.25, 0.3) is 0 Å². The second-order valence-electron chi connectivity index (χ2n) is 10.8. The van der Waals surface area contributed by atoms with E-state index in [0.717, 1.165) is 36.4 Å². The zero-order chi connectivity index (χ0) is 36.8. The number of ether oxygens (including phenoxy) is 1. The number of nitrogens with zero attached hydrogens (tertiary/aromatic N) is 2. The Balaban J connectivity index is 1.15. The summed E-state index contributed by atoms with van der Waals surface area (Å²) in [7, 11) is -9.34. The summed E-state index contributed by atoms with van der Waals surface area (Å²) in [6.45, 7) is 2.53. The molecule has 0 spiro atoms. The van der Waals surface area contributed by atoms with Crippen molar-refractivity contribution in [2.24, 2.45) is 0 Å². The topological polar surface area (TPSA) is 229 Å². The largest absolute Gasteiger partial charge is 0.457 e. The highest BCUT2D eigenvalue weighted by Crippen LogP contribution is 2.34. The third-order valence-electron chi connectivity index (χ3n) is 7.15. The summed E-state index contributed by atoms with van der Waals surface area (Å²) < 4.78 is 66.8. The SMILES string of the molecule is CC(=O)Nc1ccc(S(=O)(=O)ON2C(=O)c3ccc(Oc4ccc5c(c4)C(=O)N(OS(=O)(=O)c4ccc(NC(C)=O)cc4)C5=O)cc3C2=O)cc1. The van der Waals surface area contributed by atoms with E-state index in [1.165, 1.54) is 62.4 Å². The number of anilines is 2. The second kappa shape index (κ2) is 12.9. The molecule has 51 heavy (non-hydrogen) atoms. The molecular formula is C32H22N4O13S2. The maximum absolute atomic E-state index is 13.1. The summed E-state index contributed by atoms with van der Waals surface area (Å²) in [6.07, 6.45) is 0. The van der Waals surface area contributed by atoms with Crippen molar-refractivity contribution in [3.63, 3.8) is 0 Å². The van der Waals surface area contributed by atoms with Crippen LogP contribution in [0.1, 0.15) is 55.3 Å². The number of rotatable bonds is 10. The maximum atomic E-state index is 13.1. The first kappa shape index (κ1) is 34.6. The summed E-state index contributed by atoms with van der Waals surface area (Å²) >= 11 is 0. The van der Waals surface area contributed by atoms with Crippen molar-refractivity contribution in [3.05, 3.63) is 107 Å². The van der Waals surface area contributed by atoms with E-state index in [9.17, 15) is 45.6 Å². The minimum absolute atomic E-state index is 0.0386. The lowest BCUT2D eigenvalue weighted by molar-refractivity contribution is -0.115. The Morgan fingerprint density at radius 2 is 0.843 bits per heavy atom. The molecule has 4 aromatic rings. The summed E-state index contributed by atoms with van der Waals surface area (Å²) in [5, 5.41) is 5.08. The molecule has 2 N–H and O–H groups in total. The van der Waals surface area contributed by atoms with Crippen LogP contribution in [-0.4, -0.2) is 62.4 Å². The average Bonchev–Trinajstić information content (AvgIpc) is 3.43. The third-order valence-corrected chi connectivity index (χ3v) is 9.54. The molecule has 0 saturated carbocycles. The van der Waals surface area contributed by atoms with Gasteiger partial charge in [-0.05, 0) is 84.9 Å². The van der Waals surface area contributed by atoms with Gasteiger partial charge in [-0.15, -0.1) is 18.7 Å². The molecule has 0 radical (unpaired) electrons. The number of hydrogen-bond donors (Lipinski definition) is 2. The van der Waals surface area contributed by atoms with Gasteiger partial charge in [0.05, 0.1) is 32.0 Å². The predicted octanol–water partition coefficient (Wildman–Crippen LogP) is 3.23. The third kappa shape index (κ3) is 6.81. The highest BCUT2D eigenvalue weighted by molar-refractivity contribution is 7.87. The molecule has 2 heterocycles. The monoisotopic (exact) mass is 734 g/mol. The number of imide groups is 2. The Bertz CT molecular complexity index is 2240. The van der Waals surface area contributed by atoms with E-state index in [0.29, 0.717) is 11.4 Å². The van der Waals surface area contributed by atoms with Crippen molar-refractivity contribution in [3.8, 4) is 11.5 Å². The Hall–Kier alpha value is -6.28. The van der Waals surface area contributed by atoms with Crippen molar-refractivity contribution in [1.29, 1.82) is 0 Å². The van der Waals surface area contributed by atoms with Crippen LogP contribution in [-0.2, 0) is 38.4 Å². The molecule has 6 amide bonds. The van der Waals surface area contributed by atoms with Crippen LogP contribution in [0.4, 0.5) is 11.4 Å². The molecule has 0 saturated heterocycles. The molecular weight excluding hydrogens is 713 g/mol. The fourth-order valence-corrected chi connectivity index (χ4v) is 6.67. The Morgan fingerprint density at radius 3 is 1.18 bits per heavy atom. The lowest BCUT2D eigenvalue weighted by Crippen LogP contribution is -2.32. The number of fused-ring (bicyclic) bond motifs is 2. The predicted molar refractivity (Wildman–Crippen MR) is 172 cm³/mol. The van der Waals surface area contributed by atoms with Crippen LogP contribution < -0.4 is 15.4 Å². The maximum Gasteiger partial charge on any atom is 0.318 e. The zero-order valence-electron chi connectivity index (χ0n) is 26.1. The summed E-state index contributed by atoms with van der Waals surface area (Å²) in [6, 6.07) is 16.8. The number of hydroxylamine groups is 4. The van der Waals surface area contributed by atoms with E-state index < -0.39 is 53.7 Å². The molecule has 0 bridgehead atoms. The molecule has 19 heteroatoms. The van der Waals surface area contributed by atoms with Crippen LogP contribution in [0.3, 0.4) is 0 Å². The van der Waals surface area contributed by atoms with Crippen LogP contribution in [0.15, 0.2) is 94.7 Å².